The summed E-state index contributed by atoms with van der Waals surface area (Å²) in [5, 5.41) is 13.9. The molecule has 1 aromatic heterocycles. The first-order chi connectivity index (χ1) is 9.94. The standard InChI is InChI=1S/C14H16ClN3O3/c1-14(2,7-19)12(20)13(18-9-16-8-17-18)21-11-5-3-10(15)4-6-11/h3-6,8-9,13,19H,7H2,1-2H3. The summed E-state index contributed by atoms with van der Waals surface area (Å²) in [6, 6.07) is 6.64. The third kappa shape index (κ3) is 3.59. The van der Waals surface area contributed by atoms with Crippen LogP contribution in [0.25, 0.3) is 0 Å². The number of aliphatic hydroxyl groups is 1. The van der Waals surface area contributed by atoms with Crippen LogP contribution in [0, 0.1) is 5.41 Å². The molecular formula is C14H16ClN3O3. The van der Waals surface area contributed by atoms with Crippen LogP contribution in [0.1, 0.15) is 20.1 Å². The number of halogens is 1. The van der Waals surface area contributed by atoms with Crippen molar-refractivity contribution in [1.82, 2.24) is 14.8 Å². The number of nitrogens with zero attached hydrogens (tertiary/aromatic N) is 3. The molecule has 7 heteroatoms. The van der Waals surface area contributed by atoms with E-state index in [0.717, 1.165) is 0 Å². The van der Waals surface area contributed by atoms with Gasteiger partial charge in [-0.1, -0.05) is 25.4 Å². The molecule has 1 atom stereocenters. The van der Waals surface area contributed by atoms with Crippen LogP contribution in [-0.4, -0.2) is 32.3 Å². The molecule has 0 bridgehead atoms. The first-order valence-electron chi connectivity index (χ1n) is 6.35. The highest BCUT2D eigenvalue weighted by atomic mass is 35.5. The van der Waals surface area contributed by atoms with Gasteiger partial charge in [-0.3, -0.25) is 4.79 Å². The van der Waals surface area contributed by atoms with Gasteiger partial charge in [0.25, 0.3) is 6.23 Å². The van der Waals surface area contributed by atoms with Crippen molar-refractivity contribution in [2.75, 3.05) is 6.61 Å². The number of carbonyl (C=O) groups is 1. The SMILES string of the molecule is CC(C)(CO)C(=O)C(Oc1ccc(Cl)cc1)n1cncn1. The molecule has 0 spiro atoms. The maximum Gasteiger partial charge on any atom is 0.252 e. The molecule has 0 aliphatic rings. The quantitative estimate of drug-likeness (QED) is 0.884. The number of Topliss-reactive ketones (excluding diaryl/α,β-unsaturated/α-hetero) is 1. The number of carbonyl (C=O) groups excluding carboxylic acids is 1. The Hall–Kier alpha value is -1.92. The number of ether oxygens (including phenoxy) is 1. The van der Waals surface area contributed by atoms with Crippen molar-refractivity contribution in [1.29, 1.82) is 0 Å². The van der Waals surface area contributed by atoms with E-state index in [1.54, 1.807) is 38.1 Å². The van der Waals surface area contributed by atoms with Crippen LogP contribution in [0.3, 0.4) is 0 Å². The summed E-state index contributed by atoms with van der Waals surface area (Å²) >= 11 is 5.82. The van der Waals surface area contributed by atoms with Crippen LogP contribution in [0.15, 0.2) is 36.9 Å². The van der Waals surface area contributed by atoms with Gasteiger partial charge in [-0.15, -0.1) is 0 Å². The van der Waals surface area contributed by atoms with Crippen LogP contribution >= 0.6 is 11.6 Å². The number of aliphatic hydroxyl groups excluding tert-OH is 1. The van der Waals surface area contributed by atoms with E-state index >= 15 is 0 Å². The summed E-state index contributed by atoms with van der Waals surface area (Å²) in [5.41, 5.74) is -0.955. The van der Waals surface area contributed by atoms with Crippen LogP contribution in [0.2, 0.25) is 5.02 Å². The monoisotopic (exact) mass is 309 g/mol. The molecule has 1 aromatic carbocycles. The zero-order valence-electron chi connectivity index (χ0n) is 11.7. The van der Waals surface area contributed by atoms with E-state index in [-0.39, 0.29) is 12.4 Å². The summed E-state index contributed by atoms with van der Waals surface area (Å²) in [7, 11) is 0. The predicted molar refractivity (Wildman–Crippen MR) is 77.0 cm³/mol. The van der Waals surface area contributed by atoms with Gasteiger partial charge in [0.2, 0.25) is 5.78 Å². The first kappa shape index (κ1) is 15.5. The van der Waals surface area contributed by atoms with Gasteiger partial charge in [0.15, 0.2) is 0 Å². The number of rotatable bonds is 6. The number of benzene rings is 1. The lowest BCUT2D eigenvalue weighted by Crippen LogP contribution is -2.38. The lowest BCUT2D eigenvalue weighted by atomic mass is 9.88. The highest BCUT2D eigenvalue weighted by molar-refractivity contribution is 6.30. The Labute approximate surface area is 127 Å². The van der Waals surface area contributed by atoms with Gasteiger partial charge in [-0.25, -0.2) is 9.67 Å². The second kappa shape index (κ2) is 6.24. The minimum Gasteiger partial charge on any atom is -0.461 e. The van der Waals surface area contributed by atoms with Crippen molar-refractivity contribution < 1.29 is 14.6 Å². The van der Waals surface area contributed by atoms with E-state index in [1.807, 2.05) is 0 Å². The van der Waals surface area contributed by atoms with Gasteiger partial charge in [0, 0.05) is 5.02 Å². The molecule has 1 unspecified atom stereocenters. The van der Waals surface area contributed by atoms with Crippen LogP contribution in [0.4, 0.5) is 0 Å². The zero-order chi connectivity index (χ0) is 15.5. The minimum absolute atomic E-state index is 0.291. The van der Waals surface area contributed by atoms with Crippen molar-refractivity contribution in [3.05, 3.63) is 41.9 Å². The molecule has 0 amide bonds. The first-order valence-corrected chi connectivity index (χ1v) is 6.73. The summed E-state index contributed by atoms with van der Waals surface area (Å²) in [6.07, 6.45) is 1.71. The van der Waals surface area contributed by atoms with E-state index in [4.69, 9.17) is 16.3 Å². The van der Waals surface area contributed by atoms with E-state index in [2.05, 4.69) is 10.1 Å². The third-order valence-electron chi connectivity index (χ3n) is 3.02. The molecule has 1 N–H and O–H groups in total. The highest BCUT2D eigenvalue weighted by Crippen LogP contribution is 2.26. The second-order valence-electron chi connectivity index (χ2n) is 5.21. The molecule has 0 radical (unpaired) electrons. The van der Waals surface area contributed by atoms with E-state index < -0.39 is 11.6 Å². The molecular weight excluding hydrogens is 294 g/mol. The molecule has 2 rings (SSSR count). The van der Waals surface area contributed by atoms with Crippen molar-refractivity contribution in [3.63, 3.8) is 0 Å². The Bertz CT molecular complexity index is 596. The average Bonchev–Trinajstić information content (AvgIpc) is 3.00. The van der Waals surface area contributed by atoms with Crippen molar-refractivity contribution in [2.45, 2.75) is 20.1 Å². The third-order valence-corrected chi connectivity index (χ3v) is 3.28. The Balaban J connectivity index is 2.29. The molecule has 1 heterocycles. The largest absolute Gasteiger partial charge is 0.461 e. The van der Waals surface area contributed by atoms with Gasteiger partial charge >= 0.3 is 0 Å². The lowest BCUT2D eigenvalue weighted by molar-refractivity contribution is -0.141. The fourth-order valence-electron chi connectivity index (χ4n) is 1.62. The highest BCUT2D eigenvalue weighted by Gasteiger charge is 2.36. The van der Waals surface area contributed by atoms with Gasteiger partial charge in [-0.2, -0.15) is 5.10 Å². The fraction of sp³-hybridized carbons (Fsp3) is 0.357. The number of hydrogen-bond donors (Lipinski definition) is 1. The molecule has 21 heavy (non-hydrogen) atoms. The molecule has 0 aliphatic heterocycles. The topological polar surface area (TPSA) is 77.2 Å². The van der Waals surface area contributed by atoms with Crippen LogP contribution < -0.4 is 4.74 Å². The van der Waals surface area contributed by atoms with E-state index in [0.29, 0.717) is 10.8 Å². The van der Waals surface area contributed by atoms with Crippen molar-refractivity contribution in [3.8, 4) is 5.75 Å². The van der Waals surface area contributed by atoms with E-state index in [9.17, 15) is 9.90 Å². The number of ketones is 1. The van der Waals surface area contributed by atoms with Crippen LogP contribution in [-0.2, 0) is 4.79 Å². The molecule has 0 aliphatic carbocycles. The van der Waals surface area contributed by atoms with Gasteiger partial charge in [0.1, 0.15) is 18.4 Å². The summed E-state index contributed by atoms with van der Waals surface area (Å²) < 4.78 is 7.02. The summed E-state index contributed by atoms with van der Waals surface area (Å²) in [6.45, 7) is 3.00. The lowest BCUT2D eigenvalue weighted by Gasteiger charge is -2.26. The average molecular weight is 310 g/mol. The Morgan fingerprint density at radius 3 is 2.62 bits per heavy atom. The number of aromatic nitrogens is 3. The Morgan fingerprint density at radius 2 is 2.10 bits per heavy atom. The minimum atomic E-state index is -1.00. The molecule has 0 saturated heterocycles. The van der Waals surface area contributed by atoms with Gasteiger partial charge < -0.3 is 9.84 Å². The molecule has 112 valence electrons. The predicted octanol–water partition coefficient (Wildman–Crippen LogP) is 2.10. The van der Waals surface area contributed by atoms with Crippen molar-refractivity contribution in [2.24, 2.45) is 5.41 Å². The molecule has 0 saturated carbocycles. The Morgan fingerprint density at radius 1 is 1.43 bits per heavy atom. The fourth-order valence-corrected chi connectivity index (χ4v) is 1.75. The smallest absolute Gasteiger partial charge is 0.252 e. The molecule has 0 fully saturated rings. The molecule has 2 aromatic rings. The Kier molecular flexibility index (Phi) is 4.59. The molecule has 6 nitrogen and oxygen atoms in total. The maximum absolute atomic E-state index is 12.6. The maximum atomic E-state index is 12.6. The van der Waals surface area contributed by atoms with E-state index in [1.165, 1.54) is 17.3 Å². The summed E-state index contributed by atoms with van der Waals surface area (Å²) in [4.78, 5) is 16.4. The number of hydrogen-bond acceptors (Lipinski definition) is 5. The second-order valence-corrected chi connectivity index (χ2v) is 5.64. The van der Waals surface area contributed by atoms with Crippen LogP contribution in [0.5, 0.6) is 5.75 Å². The van der Waals surface area contributed by atoms with Crippen molar-refractivity contribution >= 4 is 17.4 Å². The zero-order valence-corrected chi connectivity index (χ0v) is 12.5. The normalized spacial score (nSPS) is 13.0. The van der Waals surface area contributed by atoms with Gasteiger partial charge in [-0.05, 0) is 24.3 Å². The van der Waals surface area contributed by atoms with Gasteiger partial charge in [0.05, 0.1) is 12.0 Å². The summed E-state index contributed by atoms with van der Waals surface area (Å²) in [5.74, 6) is 0.174.